The van der Waals surface area contributed by atoms with Crippen molar-refractivity contribution in [3.8, 4) is 33.9 Å². The molecule has 3 N–H and O–H groups in total. The first kappa shape index (κ1) is 23.2. The number of aromatic nitrogens is 7. The zero-order chi connectivity index (χ0) is 26.2. The number of amides is 1. The highest BCUT2D eigenvalue weighted by atomic mass is 16.1. The molecule has 0 radical (unpaired) electrons. The first-order valence-corrected chi connectivity index (χ1v) is 13.2. The van der Waals surface area contributed by atoms with Crippen LogP contribution in [0.4, 0.5) is 5.69 Å². The highest BCUT2D eigenvalue weighted by Gasteiger charge is 2.21. The van der Waals surface area contributed by atoms with Gasteiger partial charge in [-0.2, -0.15) is 5.10 Å². The summed E-state index contributed by atoms with van der Waals surface area (Å²) in [5.74, 6) is 0.155. The van der Waals surface area contributed by atoms with E-state index in [9.17, 15) is 4.79 Å². The number of nitrogens with zero attached hydrogens (tertiary/aromatic N) is 5. The normalized spacial score (nSPS) is 14.2. The van der Waals surface area contributed by atoms with Crippen molar-refractivity contribution < 1.29 is 4.79 Å². The van der Waals surface area contributed by atoms with Crippen LogP contribution in [0.15, 0.2) is 73.6 Å². The largest absolute Gasteiger partial charge is 0.352 e. The van der Waals surface area contributed by atoms with Gasteiger partial charge in [-0.05, 0) is 43.2 Å². The predicted molar refractivity (Wildman–Crippen MR) is 151 cm³/mol. The molecular weight excluding hydrogens is 488 g/mol. The number of rotatable bonds is 5. The molecule has 0 spiro atoms. The number of hydrogen-bond acceptors (Lipinski definition) is 6. The van der Waals surface area contributed by atoms with Gasteiger partial charge in [-0.25, -0.2) is 0 Å². The minimum atomic E-state index is 0.0764. The molecule has 1 aliphatic carbocycles. The summed E-state index contributed by atoms with van der Waals surface area (Å²) in [5.41, 5.74) is 7.45. The Bertz CT molecular complexity index is 1800. The Morgan fingerprint density at radius 1 is 0.846 bits per heavy atom. The molecule has 1 amide bonds. The number of fused-ring (bicyclic) bond motifs is 2. The van der Waals surface area contributed by atoms with Gasteiger partial charge in [0.1, 0.15) is 5.69 Å². The van der Waals surface area contributed by atoms with Gasteiger partial charge in [0, 0.05) is 46.4 Å². The van der Waals surface area contributed by atoms with E-state index >= 15 is 0 Å². The Hall–Kier alpha value is -4.92. The van der Waals surface area contributed by atoms with Crippen LogP contribution in [0.3, 0.4) is 0 Å². The first-order valence-electron chi connectivity index (χ1n) is 13.2. The fourth-order valence-electron chi connectivity index (χ4n) is 5.44. The lowest BCUT2D eigenvalue weighted by Gasteiger charge is -2.20. The van der Waals surface area contributed by atoms with E-state index in [1.807, 2.05) is 42.7 Å². The molecular formula is C30H26N8O. The monoisotopic (exact) mass is 514 g/mol. The average molecular weight is 515 g/mol. The quantitative estimate of drug-likeness (QED) is 0.254. The topological polar surface area (TPSA) is 125 Å². The zero-order valence-corrected chi connectivity index (χ0v) is 21.2. The number of carbonyl (C=O) groups excluding carboxylic acids is 1. The van der Waals surface area contributed by atoms with Crippen LogP contribution in [0, 0.1) is 5.92 Å². The Morgan fingerprint density at radius 2 is 1.74 bits per heavy atom. The third kappa shape index (κ3) is 4.41. The van der Waals surface area contributed by atoms with Crippen molar-refractivity contribution in [1.82, 2.24) is 35.1 Å². The number of aromatic amines is 2. The third-order valence-corrected chi connectivity index (χ3v) is 7.47. The van der Waals surface area contributed by atoms with Gasteiger partial charge in [0.25, 0.3) is 0 Å². The second-order valence-electron chi connectivity index (χ2n) is 10.0. The van der Waals surface area contributed by atoms with Crippen LogP contribution in [0.5, 0.6) is 0 Å². The molecule has 0 unspecified atom stereocenters. The van der Waals surface area contributed by atoms with Gasteiger partial charge < -0.3 is 10.3 Å². The van der Waals surface area contributed by atoms with E-state index in [1.54, 1.807) is 24.8 Å². The zero-order valence-electron chi connectivity index (χ0n) is 21.2. The summed E-state index contributed by atoms with van der Waals surface area (Å²) in [6.07, 6.45) is 16.0. The molecule has 1 saturated carbocycles. The number of hydrogen-bond donors (Lipinski definition) is 3. The molecule has 6 heterocycles. The van der Waals surface area contributed by atoms with Crippen LogP contribution in [0.25, 0.3) is 55.7 Å². The molecule has 0 atom stereocenters. The third-order valence-electron chi connectivity index (χ3n) is 7.47. The number of nitrogens with one attached hydrogen (secondary N) is 3. The van der Waals surface area contributed by atoms with Crippen molar-refractivity contribution in [3.63, 3.8) is 0 Å². The molecule has 192 valence electrons. The molecule has 6 aromatic rings. The van der Waals surface area contributed by atoms with Crippen LogP contribution in [-0.4, -0.2) is 41.0 Å². The predicted octanol–water partition coefficient (Wildman–Crippen LogP) is 6.14. The second-order valence-corrected chi connectivity index (χ2v) is 10.0. The SMILES string of the molecule is O=C(Nc1cncc(-c2cc3c(-c4cc5c(-c6ccccn6)cncc5[nH]4)n[nH]c3cn2)c1)C1CCCCC1. The maximum atomic E-state index is 12.8. The van der Waals surface area contributed by atoms with Crippen LogP contribution >= 0.6 is 0 Å². The molecule has 1 aliphatic rings. The molecule has 0 aromatic carbocycles. The van der Waals surface area contributed by atoms with E-state index < -0.39 is 0 Å². The summed E-state index contributed by atoms with van der Waals surface area (Å²) in [4.78, 5) is 34.2. The van der Waals surface area contributed by atoms with E-state index in [2.05, 4.69) is 46.5 Å². The van der Waals surface area contributed by atoms with Crippen LogP contribution in [0.2, 0.25) is 0 Å². The van der Waals surface area contributed by atoms with Gasteiger partial charge in [-0.3, -0.25) is 29.8 Å². The van der Waals surface area contributed by atoms with Gasteiger partial charge in [0.2, 0.25) is 5.91 Å². The minimum absolute atomic E-state index is 0.0764. The summed E-state index contributed by atoms with van der Waals surface area (Å²) < 4.78 is 0. The van der Waals surface area contributed by atoms with Gasteiger partial charge in [0.15, 0.2) is 0 Å². The Labute approximate surface area is 224 Å². The lowest BCUT2D eigenvalue weighted by atomic mass is 9.88. The Kier molecular flexibility index (Phi) is 5.81. The van der Waals surface area contributed by atoms with Crippen molar-refractivity contribution in [3.05, 3.63) is 73.6 Å². The Morgan fingerprint density at radius 3 is 2.62 bits per heavy atom. The standard InChI is InChI=1S/C30H26N8O/c39-30(18-6-2-1-3-7-18)35-20-10-19(13-31-14-20)25-12-22-28(17-34-25)37-38-29(22)26-11-21-23(15-32-16-27(21)36-26)24-8-4-5-9-33-24/h4-5,8-18,36H,1-3,6-7H2,(H,35,39)(H,37,38). The van der Waals surface area contributed by atoms with E-state index in [0.717, 1.165) is 81.4 Å². The lowest BCUT2D eigenvalue weighted by Crippen LogP contribution is -2.24. The molecule has 0 aliphatic heterocycles. The molecule has 1 fully saturated rings. The number of carbonyl (C=O) groups is 1. The van der Waals surface area contributed by atoms with Crippen molar-refractivity contribution in [1.29, 1.82) is 0 Å². The summed E-state index contributed by atoms with van der Waals surface area (Å²) in [7, 11) is 0. The highest BCUT2D eigenvalue weighted by molar-refractivity contribution is 6.00. The molecule has 9 nitrogen and oxygen atoms in total. The van der Waals surface area contributed by atoms with E-state index in [0.29, 0.717) is 5.69 Å². The molecule has 39 heavy (non-hydrogen) atoms. The maximum Gasteiger partial charge on any atom is 0.227 e. The fourth-order valence-corrected chi connectivity index (χ4v) is 5.44. The molecule has 0 bridgehead atoms. The lowest BCUT2D eigenvalue weighted by molar-refractivity contribution is -0.120. The molecule has 7 rings (SSSR count). The van der Waals surface area contributed by atoms with Gasteiger partial charge >= 0.3 is 0 Å². The van der Waals surface area contributed by atoms with Crippen LogP contribution in [0.1, 0.15) is 32.1 Å². The van der Waals surface area contributed by atoms with E-state index in [-0.39, 0.29) is 11.8 Å². The van der Waals surface area contributed by atoms with Crippen LogP contribution in [-0.2, 0) is 4.79 Å². The molecule has 6 aromatic heterocycles. The van der Waals surface area contributed by atoms with Gasteiger partial charge in [0.05, 0.1) is 52.4 Å². The number of H-pyrrole nitrogens is 2. The molecule has 9 heteroatoms. The van der Waals surface area contributed by atoms with Gasteiger partial charge in [-0.1, -0.05) is 25.3 Å². The Balaban J connectivity index is 1.23. The summed E-state index contributed by atoms with van der Waals surface area (Å²) in [5, 5.41) is 12.7. The van der Waals surface area contributed by atoms with Crippen LogP contribution < -0.4 is 5.32 Å². The second kappa shape index (κ2) is 9.75. The minimum Gasteiger partial charge on any atom is -0.352 e. The van der Waals surface area contributed by atoms with Crippen molar-refractivity contribution in [2.45, 2.75) is 32.1 Å². The first-order chi connectivity index (χ1) is 19.2. The van der Waals surface area contributed by atoms with E-state index in [4.69, 9.17) is 0 Å². The average Bonchev–Trinajstić information content (AvgIpc) is 3.62. The smallest absolute Gasteiger partial charge is 0.227 e. The summed E-state index contributed by atoms with van der Waals surface area (Å²) in [6, 6.07) is 11.9. The summed E-state index contributed by atoms with van der Waals surface area (Å²) in [6.45, 7) is 0. The van der Waals surface area contributed by atoms with Gasteiger partial charge in [-0.15, -0.1) is 0 Å². The number of pyridine rings is 4. The maximum absolute atomic E-state index is 12.8. The van der Waals surface area contributed by atoms with E-state index in [1.165, 1.54) is 6.42 Å². The van der Waals surface area contributed by atoms with Crippen molar-refractivity contribution >= 4 is 33.4 Å². The molecule has 0 saturated heterocycles. The highest BCUT2D eigenvalue weighted by Crippen LogP contribution is 2.34. The van der Waals surface area contributed by atoms with Crippen molar-refractivity contribution in [2.75, 3.05) is 5.32 Å². The number of anilines is 1. The fraction of sp³-hybridized carbons (Fsp3) is 0.200. The van der Waals surface area contributed by atoms with Crippen molar-refractivity contribution in [2.24, 2.45) is 5.92 Å². The summed E-state index contributed by atoms with van der Waals surface area (Å²) >= 11 is 0.